The van der Waals surface area contributed by atoms with Crippen molar-refractivity contribution in [3.05, 3.63) is 0 Å². The van der Waals surface area contributed by atoms with Gasteiger partial charge in [0.1, 0.15) is 0 Å². The van der Waals surface area contributed by atoms with E-state index in [0.717, 1.165) is 0 Å². The summed E-state index contributed by atoms with van der Waals surface area (Å²) in [7, 11) is 0. The van der Waals surface area contributed by atoms with Crippen LogP contribution in [0.25, 0.3) is 0 Å². The first kappa shape index (κ1) is 13.8. The molecule has 0 aliphatic carbocycles. The van der Waals surface area contributed by atoms with Crippen molar-refractivity contribution in [3.8, 4) is 0 Å². The number of hydrogen-bond acceptors (Lipinski definition) is 3. The lowest BCUT2D eigenvalue weighted by atomic mass is 9.98. The summed E-state index contributed by atoms with van der Waals surface area (Å²) in [6.45, 7) is 0. The van der Waals surface area contributed by atoms with Crippen molar-refractivity contribution >= 4 is 29.2 Å². The molecule has 0 aromatic rings. The number of carboxylic acid groups (broad SMARTS) is 2. The summed E-state index contributed by atoms with van der Waals surface area (Å²) in [6.07, 6.45) is 1.27. The minimum Gasteiger partial charge on any atom is -0.502 e. The Balaban J connectivity index is 3.81. The Morgan fingerprint density at radius 2 is 1.67 bits per heavy atom. The van der Waals surface area contributed by atoms with Crippen molar-refractivity contribution < 1.29 is 24.9 Å². The van der Waals surface area contributed by atoms with Crippen LogP contribution < -0.4 is 0 Å². The summed E-state index contributed by atoms with van der Waals surface area (Å²) in [5, 5.41) is 25.6. The molecule has 0 spiro atoms. The van der Waals surface area contributed by atoms with Crippen LogP contribution in [0.3, 0.4) is 0 Å². The van der Waals surface area contributed by atoms with Crippen molar-refractivity contribution in [1.29, 1.82) is 0 Å². The molecule has 1 atom stereocenters. The smallest absolute Gasteiger partial charge is 0.304 e. The molecule has 0 aliphatic heterocycles. The summed E-state index contributed by atoms with van der Waals surface area (Å²) in [5.41, 5.74) is 0. The van der Waals surface area contributed by atoms with Crippen molar-refractivity contribution in [3.63, 3.8) is 0 Å². The van der Waals surface area contributed by atoms with Crippen LogP contribution in [0.4, 0.5) is 0 Å². The average Bonchev–Trinajstić information content (AvgIpc) is 2.08. The zero-order valence-electron chi connectivity index (χ0n) is 8.18. The van der Waals surface area contributed by atoms with Crippen LogP contribution in [0, 0.1) is 5.92 Å². The number of rotatable bonds is 8. The highest BCUT2D eigenvalue weighted by Crippen LogP contribution is 2.15. The molecule has 0 amide bonds. The molecule has 1 unspecified atom stereocenters. The van der Waals surface area contributed by atoms with E-state index in [1.54, 1.807) is 0 Å². The SMILES string of the molecule is O=C(O)CCCCC(CC(=O)O)C(O)=S. The molecule has 0 saturated heterocycles. The second-order valence-electron chi connectivity index (χ2n) is 3.27. The Labute approximate surface area is 92.7 Å². The zero-order chi connectivity index (χ0) is 11.8. The normalized spacial score (nSPS) is 12.0. The van der Waals surface area contributed by atoms with Gasteiger partial charge in [0.2, 0.25) is 0 Å². The van der Waals surface area contributed by atoms with E-state index in [1.165, 1.54) is 0 Å². The van der Waals surface area contributed by atoms with Crippen LogP contribution in [-0.4, -0.2) is 32.3 Å². The van der Waals surface area contributed by atoms with Gasteiger partial charge in [0.05, 0.1) is 6.42 Å². The predicted octanol–water partition coefficient (Wildman–Crippen LogP) is 1.61. The molecule has 0 aromatic carbocycles. The molecule has 15 heavy (non-hydrogen) atoms. The third kappa shape index (κ3) is 7.87. The summed E-state index contributed by atoms with van der Waals surface area (Å²) < 4.78 is 0. The maximum absolute atomic E-state index is 10.4. The number of aliphatic hydroxyl groups is 1. The average molecular weight is 234 g/mol. The van der Waals surface area contributed by atoms with Crippen LogP contribution in [0.5, 0.6) is 0 Å². The number of unbranched alkanes of at least 4 members (excludes halogenated alkanes) is 1. The van der Waals surface area contributed by atoms with Gasteiger partial charge in [0.25, 0.3) is 0 Å². The Bertz CT molecular complexity index is 251. The van der Waals surface area contributed by atoms with E-state index in [4.69, 9.17) is 15.3 Å². The van der Waals surface area contributed by atoms with Gasteiger partial charge in [-0.2, -0.15) is 0 Å². The molecule has 0 saturated carbocycles. The Hall–Kier alpha value is -1.17. The van der Waals surface area contributed by atoms with Gasteiger partial charge in [-0.1, -0.05) is 6.42 Å². The molecular weight excluding hydrogens is 220 g/mol. The second kappa shape index (κ2) is 7.17. The van der Waals surface area contributed by atoms with Gasteiger partial charge < -0.3 is 15.3 Å². The number of carboxylic acids is 2. The van der Waals surface area contributed by atoms with Gasteiger partial charge in [-0.25, -0.2) is 0 Å². The topological polar surface area (TPSA) is 94.8 Å². The minimum absolute atomic E-state index is 0.0536. The van der Waals surface area contributed by atoms with E-state index < -0.39 is 17.9 Å². The molecule has 6 heteroatoms. The molecule has 0 heterocycles. The number of aliphatic carboxylic acids is 2. The fraction of sp³-hybridized carbons (Fsp3) is 0.667. The predicted molar refractivity (Wildman–Crippen MR) is 57.1 cm³/mol. The molecule has 0 rings (SSSR count). The summed E-state index contributed by atoms with van der Waals surface area (Å²) >= 11 is 4.51. The molecule has 3 N–H and O–H groups in total. The summed E-state index contributed by atoms with van der Waals surface area (Å²) in [4.78, 5) is 20.6. The third-order valence-corrected chi connectivity index (χ3v) is 2.30. The first-order chi connectivity index (χ1) is 6.93. The summed E-state index contributed by atoms with van der Waals surface area (Å²) in [5.74, 6) is -2.45. The van der Waals surface area contributed by atoms with E-state index in [-0.39, 0.29) is 17.9 Å². The Morgan fingerprint density at radius 1 is 1.07 bits per heavy atom. The number of thiocarbonyl (C=S) groups is 1. The molecule has 0 fully saturated rings. The lowest BCUT2D eigenvalue weighted by Crippen LogP contribution is -2.16. The van der Waals surface area contributed by atoms with Crippen molar-refractivity contribution in [1.82, 2.24) is 0 Å². The second-order valence-corrected chi connectivity index (χ2v) is 3.69. The molecular formula is C9H14O5S. The molecule has 0 bridgehead atoms. The lowest BCUT2D eigenvalue weighted by Gasteiger charge is -2.10. The standard InChI is InChI=1S/C9H14O5S/c10-7(11)4-2-1-3-6(9(14)15)5-8(12)13/h6H,1-5H2,(H,10,11)(H,12,13)(H,14,15). The molecule has 0 aliphatic rings. The van der Waals surface area contributed by atoms with E-state index in [9.17, 15) is 9.59 Å². The number of carbonyl (C=O) groups is 2. The third-order valence-electron chi connectivity index (χ3n) is 1.96. The van der Waals surface area contributed by atoms with Crippen LogP contribution >= 0.6 is 12.2 Å². The van der Waals surface area contributed by atoms with Gasteiger partial charge in [0.15, 0.2) is 5.05 Å². The van der Waals surface area contributed by atoms with Gasteiger partial charge in [-0.3, -0.25) is 9.59 Å². The quantitative estimate of drug-likeness (QED) is 0.436. The monoisotopic (exact) mass is 234 g/mol. The fourth-order valence-electron chi connectivity index (χ4n) is 1.19. The highest BCUT2D eigenvalue weighted by atomic mass is 32.1. The zero-order valence-corrected chi connectivity index (χ0v) is 9.00. The van der Waals surface area contributed by atoms with E-state index >= 15 is 0 Å². The van der Waals surface area contributed by atoms with Gasteiger partial charge >= 0.3 is 11.9 Å². The highest BCUT2D eigenvalue weighted by Gasteiger charge is 2.17. The molecule has 0 radical (unpaired) electrons. The Kier molecular flexibility index (Phi) is 6.61. The van der Waals surface area contributed by atoms with E-state index in [2.05, 4.69) is 12.2 Å². The van der Waals surface area contributed by atoms with E-state index in [0.29, 0.717) is 19.3 Å². The lowest BCUT2D eigenvalue weighted by molar-refractivity contribution is -0.138. The van der Waals surface area contributed by atoms with Crippen molar-refractivity contribution in [2.45, 2.75) is 32.1 Å². The van der Waals surface area contributed by atoms with Crippen LogP contribution in [-0.2, 0) is 9.59 Å². The fourth-order valence-corrected chi connectivity index (χ4v) is 1.39. The number of hydrogen-bond donors (Lipinski definition) is 3. The molecule has 0 aromatic heterocycles. The summed E-state index contributed by atoms with van der Waals surface area (Å²) in [6, 6.07) is 0. The minimum atomic E-state index is -1.02. The van der Waals surface area contributed by atoms with Crippen LogP contribution in [0.2, 0.25) is 0 Å². The molecule has 86 valence electrons. The largest absolute Gasteiger partial charge is 0.502 e. The Morgan fingerprint density at radius 3 is 2.07 bits per heavy atom. The van der Waals surface area contributed by atoms with Gasteiger partial charge in [-0.05, 0) is 25.1 Å². The first-order valence-corrected chi connectivity index (χ1v) is 5.00. The van der Waals surface area contributed by atoms with Gasteiger partial charge in [0, 0.05) is 12.3 Å². The van der Waals surface area contributed by atoms with Crippen LogP contribution in [0.1, 0.15) is 32.1 Å². The van der Waals surface area contributed by atoms with Crippen molar-refractivity contribution in [2.75, 3.05) is 0 Å². The van der Waals surface area contributed by atoms with Crippen molar-refractivity contribution in [2.24, 2.45) is 5.92 Å². The number of aliphatic hydroxyl groups excluding tert-OH is 1. The maximum Gasteiger partial charge on any atom is 0.304 e. The van der Waals surface area contributed by atoms with Crippen LogP contribution in [0.15, 0.2) is 0 Å². The molecule has 5 nitrogen and oxygen atoms in total. The van der Waals surface area contributed by atoms with Gasteiger partial charge in [-0.15, -0.1) is 0 Å². The van der Waals surface area contributed by atoms with E-state index in [1.807, 2.05) is 0 Å². The maximum atomic E-state index is 10.4. The highest BCUT2D eigenvalue weighted by molar-refractivity contribution is 7.80. The first-order valence-electron chi connectivity index (χ1n) is 4.60.